The topological polar surface area (TPSA) is 58.6 Å². The summed E-state index contributed by atoms with van der Waals surface area (Å²) >= 11 is 0. The van der Waals surface area contributed by atoms with Crippen molar-refractivity contribution in [1.29, 1.82) is 0 Å². The Hall–Kier alpha value is -2.04. The molecule has 0 saturated carbocycles. The van der Waals surface area contributed by atoms with Gasteiger partial charge in [-0.3, -0.25) is 9.59 Å². The molecule has 1 aromatic rings. The number of rotatable bonds is 5. The second kappa shape index (κ2) is 9.06. The van der Waals surface area contributed by atoms with Crippen molar-refractivity contribution in [1.82, 2.24) is 10.2 Å². The van der Waals surface area contributed by atoms with Gasteiger partial charge in [-0.25, -0.2) is 0 Å². The zero-order valence-corrected chi connectivity index (χ0v) is 16.5. The Morgan fingerprint density at radius 1 is 1.15 bits per heavy atom. The van der Waals surface area contributed by atoms with Crippen LogP contribution in [0.2, 0.25) is 0 Å². The Morgan fingerprint density at radius 3 is 2.46 bits per heavy atom. The molecule has 2 amide bonds. The number of carbonyl (C=O) groups is 2. The summed E-state index contributed by atoms with van der Waals surface area (Å²) in [6, 6.07) is 8.11. The maximum Gasteiger partial charge on any atom is 0.225 e. The van der Waals surface area contributed by atoms with Crippen molar-refractivity contribution in [2.75, 3.05) is 20.2 Å². The number of hydrogen-bond acceptors (Lipinski definition) is 3. The average molecular weight is 360 g/mol. The molecule has 5 nitrogen and oxygen atoms in total. The number of nitrogens with one attached hydrogen (secondary N) is 1. The Kier molecular flexibility index (Phi) is 7.06. The fraction of sp³-hybridized carbons (Fsp3) is 0.619. The first kappa shape index (κ1) is 20.3. The van der Waals surface area contributed by atoms with Crippen LogP contribution in [-0.4, -0.2) is 36.9 Å². The van der Waals surface area contributed by atoms with E-state index < -0.39 is 5.41 Å². The first-order valence-electron chi connectivity index (χ1n) is 9.54. The van der Waals surface area contributed by atoms with Crippen LogP contribution in [0.1, 0.15) is 64.5 Å². The standard InChI is InChI=1S/C21H32N2O3/c1-21(2,3)20(25)22-14-13-19(24)23-15-7-5-6-8-18(23)16-9-11-17(26-4)12-10-16/h9-12,18H,5-8,13-15H2,1-4H3,(H,22,25). The number of likely N-dealkylation sites (tertiary alicyclic amines) is 1. The minimum Gasteiger partial charge on any atom is -0.497 e. The summed E-state index contributed by atoms with van der Waals surface area (Å²) < 4.78 is 5.24. The van der Waals surface area contributed by atoms with Crippen molar-refractivity contribution in [3.05, 3.63) is 29.8 Å². The molecule has 0 aliphatic carbocycles. The van der Waals surface area contributed by atoms with Gasteiger partial charge in [-0.1, -0.05) is 45.7 Å². The fourth-order valence-electron chi connectivity index (χ4n) is 3.27. The molecule has 1 aliphatic rings. The molecule has 0 bridgehead atoms. The van der Waals surface area contributed by atoms with Crippen molar-refractivity contribution in [2.24, 2.45) is 5.41 Å². The van der Waals surface area contributed by atoms with Gasteiger partial charge in [0.05, 0.1) is 13.2 Å². The number of benzene rings is 1. The summed E-state index contributed by atoms with van der Waals surface area (Å²) in [5.74, 6) is 0.917. The van der Waals surface area contributed by atoms with Crippen LogP contribution in [0, 0.1) is 5.41 Å². The van der Waals surface area contributed by atoms with Crippen molar-refractivity contribution in [2.45, 2.75) is 58.9 Å². The van der Waals surface area contributed by atoms with Crippen molar-refractivity contribution in [3.8, 4) is 5.75 Å². The number of amides is 2. The molecule has 1 aromatic carbocycles. The van der Waals surface area contributed by atoms with E-state index >= 15 is 0 Å². The predicted molar refractivity (Wildman–Crippen MR) is 103 cm³/mol. The molecule has 2 rings (SSSR count). The van der Waals surface area contributed by atoms with Crippen LogP contribution >= 0.6 is 0 Å². The van der Waals surface area contributed by atoms with E-state index in [9.17, 15) is 9.59 Å². The van der Waals surface area contributed by atoms with Crippen LogP contribution in [-0.2, 0) is 9.59 Å². The molecule has 1 fully saturated rings. The van der Waals surface area contributed by atoms with E-state index in [4.69, 9.17) is 4.74 Å². The molecule has 1 atom stereocenters. The average Bonchev–Trinajstić information content (AvgIpc) is 2.86. The SMILES string of the molecule is COc1ccc(C2CCCCCN2C(=O)CCNC(=O)C(C)(C)C)cc1. The predicted octanol–water partition coefficient (Wildman–Crippen LogP) is 3.69. The third-order valence-corrected chi connectivity index (χ3v) is 4.88. The monoisotopic (exact) mass is 360 g/mol. The number of hydrogen-bond donors (Lipinski definition) is 1. The molecule has 1 saturated heterocycles. The Bertz CT molecular complexity index is 605. The van der Waals surface area contributed by atoms with E-state index in [0.717, 1.165) is 43.5 Å². The normalized spacial score (nSPS) is 18.2. The molecule has 1 unspecified atom stereocenters. The van der Waals surface area contributed by atoms with E-state index in [1.165, 1.54) is 0 Å². The van der Waals surface area contributed by atoms with E-state index in [1.807, 2.05) is 37.8 Å². The highest BCUT2D eigenvalue weighted by Gasteiger charge is 2.27. The minimum absolute atomic E-state index is 0.0205. The summed E-state index contributed by atoms with van der Waals surface area (Å²) in [6.45, 7) is 6.79. The van der Waals surface area contributed by atoms with E-state index in [-0.39, 0.29) is 17.9 Å². The van der Waals surface area contributed by atoms with Crippen molar-refractivity contribution >= 4 is 11.8 Å². The zero-order valence-electron chi connectivity index (χ0n) is 16.5. The maximum atomic E-state index is 12.8. The summed E-state index contributed by atoms with van der Waals surface area (Å²) in [5, 5.41) is 2.87. The van der Waals surface area contributed by atoms with E-state index in [2.05, 4.69) is 17.4 Å². The smallest absolute Gasteiger partial charge is 0.225 e. The maximum absolute atomic E-state index is 12.8. The van der Waals surface area contributed by atoms with E-state index in [1.54, 1.807) is 7.11 Å². The Labute approximate surface area is 157 Å². The van der Waals surface area contributed by atoms with Gasteiger partial charge in [-0.15, -0.1) is 0 Å². The first-order chi connectivity index (χ1) is 12.3. The molecular formula is C21H32N2O3. The second-order valence-electron chi connectivity index (χ2n) is 7.98. The molecule has 1 heterocycles. The second-order valence-corrected chi connectivity index (χ2v) is 7.98. The molecule has 0 aromatic heterocycles. The summed E-state index contributed by atoms with van der Waals surface area (Å²) in [5.41, 5.74) is 0.719. The van der Waals surface area contributed by atoms with Crippen LogP contribution in [0.25, 0.3) is 0 Å². The lowest BCUT2D eigenvalue weighted by Crippen LogP contribution is -2.39. The van der Waals surface area contributed by atoms with Crippen LogP contribution < -0.4 is 10.1 Å². The Balaban J connectivity index is 2.02. The molecule has 1 N–H and O–H groups in total. The molecule has 0 spiro atoms. The van der Waals surface area contributed by atoms with Gasteiger partial charge in [-0.05, 0) is 30.5 Å². The summed E-state index contributed by atoms with van der Waals surface area (Å²) in [4.78, 5) is 26.8. The lowest BCUT2D eigenvalue weighted by molar-refractivity contribution is -0.134. The van der Waals surface area contributed by atoms with Crippen LogP contribution in [0.15, 0.2) is 24.3 Å². The number of ether oxygens (including phenoxy) is 1. The van der Waals surface area contributed by atoms with Gasteiger partial charge in [0, 0.05) is 24.9 Å². The molecule has 5 heteroatoms. The highest BCUT2D eigenvalue weighted by molar-refractivity contribution is 5.82. The summed E-state index contributed by atoms with van der Waals surface area (Å²) in [7, 11) is 1.66. The van der Waals surface area contributed by atoms with Gasteiger partial charge in [-0.2, -0.15) is 0 Å². The minimum atomic E-state index is -0.433. The molecule has 0 radical (unpaired) electrons. The number of carbonyl (C=O) groups excluding carboxylic acids is 2. The largest absolute Gasteiger partial charge is 0.497 e. The lowest BCUT2D eigenvalue weighted by atomic mass is 9.96. The van der Waals surface area contributed by atoms with Crippen LogP contribution in [0.3, 0.4) is 0 Å². The zero-order chi connectivity index (χ0) is 19.2. The van der Waals surface area contributed by atoms with Crippen molar-refractivity contribution < 1.29 is 14.3 Å². The van der Waals surface area contributed by atoms with Gasteiger partial charge in [0.2, 0.25) is 11.8 Å². The highest BCUT2D eigenvalue weighted by Crippen LogP contribution is 2.31. The van der Waals surface area contributed by atoms with Gasteiger partial charge >= 0.3 is 0 Å². The van der Waals surface area contributed by atoms with Gasteiger partial charge in [0.1, 0.15) is 5.75 Å². The summed E-state index contributed by atoms with van der Waals surface area (Å²) in [6.07, 6.45) is 4.63. The Morgan fingerprint density at radius 2 is 1.85 bits per heavy atom. The number of nitrogens with zero attached hydrogens (tertiary/aromatic N) is 1. The first-order valence-corrected chi connectivity index (χ1v) is 9.54. The van der Waals surface area contributed by atoms with Crippen LogP contribution in [0.4, 0.5) is 0 Å². The van der Waals surface area contributed by atoms with Gasteiger partial charge in [0.15, 0.2) is 0 Å². The molecular weight excluding hydrogens is 328 g/mol. The third kappa shape index (κ3) is 5.48. The third-order valence-electron chi connectivity index (χ3n) is 4.88. The van der Waals surface area contributed by atoms with Gasteiger partial charge < -0.3 is 15.0 Å². The van der Waals surface area contributed by atoms with Gasteiger partial charge in [0.25, 0.3) is 0 Å². The fourth-order valence-corrected chi connectivity index (χ4v) is 3.27. The molecule has 144 valence electrons. The lowest BCUT2D eigenvalue weighted by Gasteiger charge is -2.31. The van der Waals surface area contributed by atoms with Crippen LogP contribution in [0.5, 0.6) is 5.75 Å². The van der Waals surface area contributed by atoms with Crippen molar-refractivity contribution in [3.63, 3.8) is 0 Å². The quantitative estimate of drug-likeness (QED) is 0.871. The molecule has 1 aliphatic heterocycles. The molecule has 26 heavy (non-hydrogen) atoms. The highest BCUT2D eigenvalue weighted by atomic mass is 16.5. The number of methoxy groups -OCH3 is 1. The van der Waals surface area contributed by atoms with E-state index in [0.29, 0.717) is 13.0 Å².